The summed E-state index contributed by atoms with van der Waals surface area (Å²) >= 11 is 0. The van der Waals surface area contributed by atoms with E-state index in [4.69, 9.17) is 4.74 Å². The van der Waals surface area contributed by atoms with Crippen molar-refractivity contribution in [1.29, 1.82) is 0 Å². The highest BCUT2D eigenvalue weighted by atomic mass is 16.5. The lowest BCUT2D eigenvalue weighted by Crippen LogP contribution is -2.52. The lowest BCUT2D eigenvalue weighted by Gasteiger charge is -2.39. The van der Waals surface area contributed by atoms with Crippen LogP contribution in [0.5, 0.6) is 0 Å². The molecule has 3 aromatic rings. The number of rotatable bonds is 5. The van der Waals surface area contributed by atoms with Crippen molar-refractivity contribution in [3.05, 3.63) is 74.9 Å². The van der Waals surface area contributed by atoms with Crippen molar-refractivity contribution >= 4 is 22.6 Å². The SMILES string of the molecule is COC(=O)c1ccc2c(=O)n(CC(C)N3CCN(c4ccccc4)CC3)c(=O)[nH]c2c1. The standard InChI is InChI=1S/C23H26N4O4/c1-16(25-10-12-26(13-11-25)18-6-4-3-5-7-18)15-27-21(28)19-9-8-17(22(29)31-2)14-20(19)24-23(27)30/h3-9,14,16H,10-13,15H2,1-2H3,(H,24,30). The largest absolute Gasteiger partial charge is 0.465 e. The Labute approximate surface area is 179 Å². The average Bonchev–Trinajstić information content (AvgIpc) is 2.81. The third-order valence-electron chi connectivity index (χ3n) is 5.91. The number of hydrogen-bond donors (Lipinski definition) is 1. The van der Waals surface area contributed by atoms with E-state index >= 15 is 0 Å². The summed E-state index contributed by atoms with van der Waals surface area (Å²) in [6.07, 6.45) is 0. The van der Waals surface area contributed by atoms with Gasteiger partial charge in [0.2, 0.25) is 0 Å². The predicted octanol–water partition coefficient (Wildman–Crippen LogP) is 1.69. The monoisotopic (exact) mass is 422 g/mol. The second kappa shape index (κ2) is 8.77. The lowest BCUT2D eigenvalue weighted by atomic mass is 10.1. The number of anilines is 1. The molecule has 0 spiro atoms. The van der Waals surface area contributed by atoms with Gasteiger partial charge in [0.15, 0.2) is 0 Å². The van der Waals surface area contributed by atoms with Gasteiger partial charge in [0.25, 0.3) is 5.56 Å². The molecule has 8 nitrogen and oxygen atoms in total. The number of hydrogen-bond acceptors (Lipinski definition) is 6. The highest BCUT2D eigenvalue weighted by Gasteiger charge is 2.23. The van der Waals surface area contributed by atoms with Crippen LogP contribution in [0.25, 0.3) is 10.9 Å². The molecule has 0 saturated carbocycles. The van der Waals surface area contributed by atoms with Crippen LogP contribution >= 0.6 is 0 Å². The molecule has 0 aliphatic carbocycles. The number of nitrogens with one attached hydrogen (secondary N) is 1. The van der Waals surface area contributed by atoms with Crippen LogP contribution in [0.2, 0.25) is 0 Å². The Bertz CT molecular complexity index is 1190. The van der Waals surface area contributed by atoms with E-state index in [1.165, 1.54) is 29.5 Å². The Morgan fingerprint density at radius 3 is 2.45 bits per heavy atom. The number of fused-ring (bicyclic) bond motifs is 1. The highest BCUT2D eigenvalue weighted by molar-refractivity contribution is 5.93. The highest BCUT2D eigenvalue weighted by Crippen LogP contribution is 2.17. The lowest BCUT2D eigenvalue weighted by molar-refractivity contribution is 0.0601. The van der Waals surface area contributed by atoms with E-state index < -0.39 is 11.7 Å². The second-order valence-electron chi connectivity index (χ2n) is 7.81. The van der Waals surface area contributed by atoms with Gasteiger partial charge in [0.05, 0.1) is 23.6 Å². The first kappa shape index (κ1) is 20.9. The third-order valence-corrected chi connectivity index (χ3v) is 5.91. The van der Waals surface area contributed by atoms with E-state index in [1.807, 2.05) is 25.1 Å². The molecule has 1 N–H and O–H groups in total. The van der Waals surface area contributed by atoms with E-state index in [9.17, 15) is 14.4 Å². The molecule has 1 saturated heterocycles. The van der Waals surface area contributed by atoms with Crippen LogP contribution in [0.4, 0.5) is 5.69 Å². The normalized spacial score (nSPS) is 15.7. The number of aromatic amines is 1. The van der Waals surface area contributed by atoms with Gasteiger partial charge in [-0.15, -0.1) is 0 Å². The van der Waals surface area contributed by atoms with Crippen molar-refractivity contribution in [2.75, 3.05) is 38.2 Å². The number of para-hydroxylation sites is 1. The molecule has 2 aromatic carbocycles. The third kappa shape index (κ3) is 4.25. The number of H-pyrrole nitrogens is 1. The molecule has 0 radical (unpaired) electrons. The first-order valence-corrected chi connectivity index (χ1v) is 10.4. The second-order valence-corrected chi connectivity index (χ2v) is 7.81. The average molecular weight is 422 g/mol. The Kier molecular flexibility index (Phi) is 5.90. The van der Waals surface area contributed by atoms with Crippen LogP contribution in [0, 0.1) is 0 Å². The number of nitrogens with zero attached hydrogens (tertiary/aromatic N) is 3. The summed E-state index contributed by atoms with van der Waals surface area (Å²) in [7, 11) is 1.29. The number of aromatic nitrogens is 2. The Morgan fingerprint density at radius 1 is 1.06 bits per heavy atom. The minimum Gasteiger partial charge on any atom is -0.465 e. The number of methoxy groups -OCH3 is 1. The molecule has 1 unspecified atom stereocenters. The van der Waals surface area contributed by atoms with Gasteiger partial charge in [-0.05, 0) is 37.3 Å². The summed E-state index contributed by atoms with van der Waals surface area (Å²) in [4.78, 5) is 44.7. The van der Waals surface area contributed by atoms with Crippen LogP contribution in [0.15, 0.2) is 58.1 Å². The van der Waals surface area contributed by atoms with E-state index in [-0.39, 0.29) is 17.2 Å². The van der Waals surface area contributed by atoms with E-state index in [2.05, 4.69) is 26.9 Å². The van der Waals surface area contributed by atoms with Gasteiger partial charge < -0.3 is 14.6 Å². The fourth-order valence-corrected chi connectivity index (χ4v) is 4.10. The maximum absolute atomic E-state index is 13.0. The number of esters is 1. The molecule has 1 aliphatic rings. The molecule has 0 amide bonds. The van der Waals surface area contributed by atoms with Crippen LogP contribution in [0.1, 0.15) is 17.3 Å². The van der Waals surface area contributed by atoms with E-state index in [0.29, 0.717) is 17.4 Å². The number of carbonyl (C=O) groups is 1. The zero-order chi connectivity index (χ0) is 22.0. The molecular weight excluding hydrogens is 396 g/mol. The van der Waals surface area contributed by atoms with Crippen molar-refractivity contribution < 1.29 is 9.53 Å². The Balaban J connectivity index is 1.50. The van der Waals surface area contributed by atoms with Gasteiger partial charge in [0, 0.05) is 44.5 Å². The zero-order valence-electron chi connectivity index (χ0n) is 17.7. The fourth-order valence-electron chi connectivity index (χ4n) is 4.10. The number of ether oxygens (including phenoxy) is 1. The molecule has 2 heterocycles. The van der Waals surface area contributed by atoms with Gasteiger partial charge in [0.1, 0.15) is 0 Å². The topological polar surface area (TPSA) is 87.6 Å². The van der Waals surface area contributed by atoms with Gasteiger partial charge in [-0.25, -0.2) is 9.59 Å². The number of carbonyl (C=O) groups excluding carboxylic acids is 1. The van der Waals surface area contributed by atoms with Crippen molar-refractivity contribution in [3.63, 3.8) is 0 Å². The minimum atomic E-state index is -0.518. The van der Waals surface area contributed by atoms with Crippen LogP contribution in [-0.4, -0.2) is 59.8 Å². The predicted molar refractivity (Wildman–Crippen MR) is 120 cm³/mol. The van der Waals surface area contributed by atoms with Gasteiger partial charge in [-0.3, -0.25) is 14.3 Å². The first-order valence-electron chi connectivity index (χ1n) is 10.4. The van der Waals surface area contributed by atoms with Crippen molar-refractivity contribution in [3.8, 4) is 0 Å². The van der Waals surface area contributed by atoms with E-state index in [0.717, 1.165) is 26.2 Å². The number of piperazine rings is 1. The summed E-state index contributed by atoms with van der Waals surface area (Å²) in [6, 6.07) is 14.9. The van der Waals surface area contributed by atoms with Gasteiger partial charge in [-0.1, -0.05) is 18.2 Å². The van der Waals surface area contributed by atoms with Crippen molar-refractivity contribution in [2.24, 2.45) is 0 Å². The molecule has 31 heavy (non-hydrogen) atoms. The maximum atomic E-state index is 13.0. The van der Waals surface area contributed by atoms with Gasteiger partial charge in [-0.2, -0.15) is 0 Å². The molecular formula is C23H26N4O4. The Hall–Kier alpha value is -3.39. The summed E-state index contributed by atoms with van der Waals surface area (Å²) < 4.78 is 5.95. The summed E-state index contributed by atoms with van der Waals surface area (Å²) in [6.45, 7) is 5.85. The Morgan fingerprint density at radius 2 is 1.77 bits per heavy atom. The van der Waals surface area contributed by atoms with Crippen LogP contribution in [-0.2, 0) is 11.3 Å². The molecule has 0 bridgehead atoms. The fraction of sp³-hybridized carbons (Fsp3) is 0.348. The van der Waals surface area contributed by atoms with Crippen molar-refractivity contribution in [2.45, 2.75) is 19.5 Å². The minimum absolute atomic E-state index is 0.0310. The molecule has 8 heteroatoms. The molecule has 1 fully saturated rings. The van der Waals surface area contributed by atoms with Crippen molar-refractivity contribution in [1.82, 2.24) is 14.5 Å². The molecule has 1 aromatic heterocycles. The van der Waals surface area contributed by atoms with Crippen LogP contribution < -0.4 is 16.1 Å². The smallest absolute Gasteiger partial charge is 0.337 e. The quantitative estimate of drug-likeness (QED) is 0.630. The zero-order valence-corrected chi connectivity index (χ0v) is 17.7. The summed E-state index contributed by atoms with van der Waals surface area (Å²) in [5.41, 5.74) is 0.994. The number of benzene rings is 2. The molecule has 1 aliphatic heterocycles. The van der Waals surface area contributed by atoms with E-state index in [1.54, 1.807) is 6.07 Å². The first-order chi connectivity index (χ1) is 15.0. The van der Waals surface area contributed by atoms with Gasteiger partial charge >= 0.3 is 11.7 Å². The molecule has 4 rings (SSSR count). The molecule has 1 atom stereocenters. The maximum Gasteiger partial charge on any atom is 0.337 e. The van der Waals surface area contributed by atoms with Crippen LogP contribution in [0.3, 0.4) is 0 Å². The molecule has 162 valence electrons. The summed E-state index contributed by atoms with van der Waals surface area (Å²) in [5.74, 6) is -0.518. The summed E-state index contributed by atoms with van der Waals surface area (Å²) in [5, 5.41) is 0.369.